The number of carbonyl (C=O) groups excluding carboxylic acids is 1. The van der Waals surface area contributed by atoms with Crippen molar-refractivity contribution in [3.63, 3.8) is 0 Å². The third-order valence-electron chi connectivity index (χ3n) is 3.90. The Morgan fingerprint density at radius 2 is 1.62 bits per heavy atom. The van der Waals surface area contributed by atoms with E-state index in [1.807, 2.05) is 43.3 Å². The fourth-order valence-corrected chi connectivity index (χ4v) is 2.36. The molecule has 2 aromatic carbocycles. The molecular weight excluding hydrogens is 298 g/mol. The van der Waals surface area contributed by atoms with Crippen molar-refractivity contribution in [2.24, 2.45) is 0 Å². The molecule has 1 amide bonds. The van der Waals surface area contributed by atoms with Gasteiger partial charge in [-0.05, 0) is 35.6 Å². The normalized spacial score (nSPS) is 11.2. The molecule has 0 fully saturated rings. The molecule has 2 rings (SSSR count). The highest BCUT2D eigenvalue weighted by Gasteiger charge is 2.12. The number of benzene rings is 2. The maximum atomic E-state index is 11.9. The van der Waals surface area contributed by atoms with Gasteiger partial charge in [-0.25, -0.2) is 0 Å². The van der Waals surface area contributed by atoms with Crippen LogP contribution in [0.5, 0.6) is 5.75 Å². The van der Waals surface area contributed by atoms with Crippen LogP contribution in [0, 0.1) is 6.92 Å². The lowest BCUT2D eigenvalue weighted by Crippen LogP contribution is -2.29. The number of carbonyl (C=O) groups is 1. The van der Waals surface area contributed by atoms with Gasteiger partial charge in [0.05, 0.1) is 13.0 Å². The Bertz CT molecular complexity index is 652. The zero-order valence-corrected chi connectivity index (χ0v) is 15.1. The summed E-state index contributed by atoms with van der Waals surface area (Å²) in [5.74, 6) is 0.848. The minimum absolute atomic E-state index is 0.0190. The average Bonchev–Trinajstić information content (AvgIpc) is 2.53. The quantitative estimate of drug-likeness (QED) is 0.814. The Labute approximate surface area is 145 Å². The van der Waals surface area contributed by atoms with Gasteiger partial charge in [-0.2, -0.15) is 0 Å². The van der Waals surface area contributed by atoms with Crippen molar-refractivity contribution in [2.45, 2.75) is 39.5 Å². The third-order valence-corrected chi connectivity index (χ3v) is 3.90. The van der Waals surface area contributed by atoms with E-state index in [4.69, 9.17) is 4.74 Å². The Balaban J connectivity index is 1.70. The average molecular weight is 325 g/mol. The molecule has 24 heavy (non-hydrogen) atoms. The molecule has 0 aromatic heterocycles. The van der Waals surface area contributed by atoms with E-state index in [1.54, 1.807) is 0 Å². The van der Waals surface area contributed by atoms with Crippen molar-refractivity contribution in [3.8, 4) is 5.75 Å². The topological polar surface area (TPSA) is 38.3 Å². The van der Waals surface area contributed by atoms with Gasteiger partial charge in [0.15, 0.2) is 0 Å². The highest BCUT2D eigenvalue weighted by atomic mass is 16.5. The second-order valence-electron chi connectivity index (χ2n) is 7.14. The fourth-order valence-electron chi connectivity index (χ4n) is 2.36. The Morgan fingerprint density at radius 3 is 2.21 bits per heavy atom. The summed E-state index contributed by atoms with van der Waals surface area (Å²) in [6.45, 7) is 9.57. The van der Waals surface area contributed by atoms with Crippen LogP contribution in [0.15, 0.2) is 48.5 Å². The summed E-state index contributed by atoms with van der Waals surface area (Å²) >= 11 is 0. The van der Waals surface area contributed by atoms with Crippen LogP contribution in [0.1, 0.15) is 37.5 Å². The molecule has 3 nitrogen and oxygen atoms in total. The van der Waals surface area contributed by atoms with E-state index >= 15 is 0 Å². The number of ether oxygens (including phenoxy) is 1. The highest BCUT2D eigenvalue weighted by Crippen LogP contribution is 2.24. The van der Waals surface area contributed by atoms with Crippen LogP contribution in [-0.4, -0.2) is 19.1 Å². The molecule has 0 heterocycles. The summed E-state index contributed by atoms with van der Waals surface area (Å²) < 4.78 is 5.68. The first-order chi connectivity index (χ1) is 11.3. The lowest BCUT2D eigenvalue weighted by molar-refractivity contribution is -0.120. The highest BCUT2D eigenvalue weighted by molar-refractivity contribution is 5.78. The minimum Gasteiger partial charge on any atom is -0.492 e. The summed E-state index contributed by atoms with van der Waals surface area (Å²) in [5.41, 5.74) is 3.64. The summed E-state index contributed by atoms with van der Waals surface area (Å²) in [4.78, 5) is 11.9. The van der Waals surface area contributed by atoms with Crippen molar-refractivity contribution < 1.29 is 9.53 Å². The maximum absolute atomic E-state index is 11.9. The van der Waals surface area contributed by atoms with Crippen LogP contribution in [-0.2, 0) is 16.6 Å². The van der Waals surface area contributed by atoms with Gasteiger partial charge in [-0.1, -0.05) is 62.7 Å². The summed E-state index contributed by atoms with van der Waals surface area (Å²) in [6, 6.07) is 16.2. The van der Waals surface area contributed by atoms with Crippen LogP contribution < -0.4 is 10.1 Å². The number of aryl methyl sites for hydroxylation is 1. The second-order valence-corrected chi connectivity index (χ2v) is 7.14. The molecule has 2 aromatic rings. The molecule has 0 saturated heterocycles. The minimum atomic E-state index is 0.0190. The lowest BCUT2D eigenvalue weighted by atomic mass is 9.87. The van der Waals surface area contributed by atoms with Crippen LogP contribution in [0.3, 0.4) is 0 Å². The molecule has 3 heteroatoms. The van der Waals surface area contributed by atoms with Gasteiger partial charge >= 0.3 is 0 Å². The summed E-state index contributed by atoms with van der Waals surface area (Å²) in [5, 5.41) is 2.89. The number of hydrogen-bond acceptors (Lipinski definition) is 2. The fraction of sp³-hybridized carbons (Fsp3) is 0.381. The molecule has 0 unspecified atom stereocenters. The van der Waals surface area contributed by atoms with Gasteiger partial charge in [0.25, 0.3) is 0 Å². The maximum Gasteiger partial charge on any atom is 0.224 e. The number of amides is 1. The van der Waals surface area contributed by atoms with E-state index in [0.29, 0.717) is 19.6 Å². The lowest BCUT2D eigenvalue weighted by Gasteiger charge is -2.19. The zero-order chi connectivity index (χ0) is 17.6. The monoisotopic (exact) mass is 325 g/mol. The van der Waals surface area contributed by atoms with E-state index in [-0.39, 0.29) is 11.3 Å². The van der Waals surface area contributed by atoms with Crippen molar-refractivity contribution in [3.05, 3.63) is 65.2 Å². The van der Waals surface area contributed by atoms with Crippen molar-refractivity contribution in [1.29, 1.82) is 0 Å². The molecule has 0 spiro atoms. The largest absolute Gasteiger partial charge is 0.492 e. The van der Waals surface area contributed by atoms with Gasteiger partial charge in [-0.15, -0.1) is 0 Å². The van der Waals surface area contributed by atoms with E-state index in [9.17, 15) is 4.79 Å². The van der Waals surface area contributed by atoms with Gasteiger partial charge < -0.3 is 10.1 Å². The smallest absolute Gasteiger partial charge is 0.224 e. The molecule has 0 aliphatic rings. The number of hydrogen-bond donors (Lipinski definition) is 1. The predicted octanol–water partition coefficient (Wildman–Crippen LogP) is 4.03. The van der Waals surface area contributed by atoms with Gasteiger partial charge in [0.1, 0.15) is 12.4 Å². The van der Waals surface area contributed by atoms with E-state index in [1.165, 1.54) is 11.1 Å². The second kappa shape index (κ2) is 8.00. The third kappa shape index (κ3) is 5.73. The predicted molar refractivity (Wildman–Crippen MR) is 98.5 cm³/mol. The standard InChI is InChI=1S/C21H27NO2/c1-16-5-7-17(8-6-16)15-20(23)22-13-14-24-19-11-9-18(10-12-19)21(2,3)4/h5-12H,13-15H2,1-4H3,(H,22,23). The summed E-state index contributed by atoms with van der Waals surface area (Å²) in [6.07, 6.45) is 0.403. The van der Waals surface area contributed by atoms with Gasteiger partial charge in [-0.3, -0.25) is 4.79 Å². The van der Waals surface area contributed by atoms with Crippen LogP contribution in [0.4, 0.5) is 0 Å². The van der Waals surface area contributed by atoms with Crippen molar-refractivity contribution in [2.75, 3.05) is 13.2 Å². The molecule has 1 N–H and O–H groups in total. The van der Waals surface area contributed by atoms with Gasteiger partial charge in [0.2, 0.25) is 5.91 Å². The van der Waals surface area contributed by atoms with Crippen LogP contribution >= 0.6 is 0 Å². The molecule has 0 radical (unpaired) electrons. The van der Waals surface area contributed by atoms with Crippen molar-refractivity contribution in [1.82, 2.24) is 5.32 Å². The number of nitrogens with one attached hydrogen (secondary N) is 1. The van der Waals surface area contributed by atoms with Crippen molar-refractivity contribution >= 4 is 5.91 Å². The molecule has 0 aliphatic heterocycles. The molecular formula is C21H27NO2. The Morgan fingerprint density at radius 1 is 1.00 bits per heavy atom. The molecule has 0 saturated carbocycles. The van der Waals surface area contributed by atoms with Crippen LogP contribution in [0.2, 0.25) is 0 Å². The van der Waals surface area contributed by atoms with E-state index in [2.05, 4.69) is 38.2 Å². The van der Waals surface area contributed by atoms with Gasteiger partial charge in [0, 0.05) is 0 Å². The first-order valence-corrected chi connectivity index (χ1v) is 8.40. The molecule has 0 bridgehead atoms. The molecule has 0 aliphatic carbocycles. The Hall–Kier alpha value is -2.29. The zero-order valence-electron chi connectivity index (χ0n) is 15.1. The number of rotatable bonds is 6. The molecule has 128 valence electrons. The first kappa shape index (κ1) is 18.1. The Kier molecular flexibility index (Phi) is 6.02. The van der Waals surface area contributed by atoms with E-state index in [0.717, 1.165) is 11.3 Å². The summed E-state index contributed by atoms with van der Waals surface area (Å²) in [7, 11) is 0. The SMILES string of the molecule is Cc1ccc(CC(=O)NCCOc2ccc(C(C)(C)C)cc2)cc1. The van der Waals surface area contributed by atoms with E-state index < -0.39 is 0 Å². The first-order valence-electron chi connectivity index (χ1n) is 8.40. The molecule has 0 atom stereocenters. The van der Waals surface area contributed by atoms with Crippen LogP contribution in [0.25, 0.3) is 0 Å².